The third-order valence-electron chi connectivity index (χ3n) is 1.96. The standard InChI is InChI=1S/C11H11N3OS2/c1-8(17-9-4-2-7-16-9)10(15)14-11-12-5-3-6-13-11/h2-8H,1H3,(H,12,13,14,15)/t8-/m0/s1. The fourth-order valence-electron chi connectivity index (χ4n) is 1.13. The van der Waals surface area contributed by atoms with Gasteiger partial charge in [0.15, 0.2) is 0 Å². The first-order valence-corrected chi connectivity index (χ1v) is 6.79. The van der Waals surface area contributed by atoms with Crippen molar-refractivity contribution in [1.29, 1.82) is 0 Å². The fourth-order valence-corrected chi connectivity index (χ4v) is 3.08. The van der Waals surface area contributed by atoms with E-state index in [1.54, 1.807) is 29.8 Å². The zero-order chi connectivity index (χ0) is 12.1. The number of rotatable bonds is 4. The Morgan fingerprint density at radius 2 is 2.18 bits per heavy atom. The van der Waals surface area contributed by atoms with Crippen molar-refractivity contribution in [1.82, 2.24) is 9.97 Å². The first-order chi connectivity index (χ1) is 8.25. The van der Waals surface area contributed by atoms with Crippen LogP contribution in [0.5, 0.6) is 0 Å². The van der Waals surface area contributed by atoms with Crippen LogP contribution in [0.1, 0.15) is 6.92 Å². The molecule has 0 aliphatic heterocycles. The van der Waals surface area contributed by atoms with Crippen molar-refractivity contribution >= 4 is 35.0 Å². The number of thiophene rings is 1. The molecule has 0 radical (unpaired) electrons. The highest BCUT2D eigenvalue weighted by molar-refractivity contribution is 8.02. The van der Waals surface area contributed by atoms with Crippen molar-refractivity contribution in [2.45, 2.75) is 16.4 Å². The molecule has 0 saturated heterocycles. The van der Waals surface area contributed by atoms with Gasteiger partial charge >= 0.3 is 0 Å². The summed E-state index contributed by atoms with van der Waals surface area (Å²) in [5, 5.41) is 4.50. The Kier molecular flexibility index (Phi) is 4.11. The number of hydrogen-bond donors (Lipinski definition) is 1. The molecule has 1 N–H and O–H groups in total. The number of aromatic nitrogens is 2. The molecule has 4 nitrogen and oxygen atoms in total. The molecule has 88 valence electrons. The summed E-state index contributed by atoms with van der Waals surface area (Å²) in [6.45, 7) is 1.86. The number of carbonyl (C=O) groups excluding carboxylic acids is 1. The molecule has 0 aromatic carbocycles. The Morgan fingerprint density at radius 3 is 2.82 bits per heavy atom. The Balaban J connectivity index is 1.92. The molecule has 2 heterocycles. The van der Waals surface area contributed by atoms with Crippen molar-refractivity contribution in [3.05, 3.63) is 36.0 Å². The molecule has 0 saturated carbocycles. The average Bonchev–Trinajstić information content (AvgIpc) is 2.83. The lowest BCUT2D eigenvalue weighted by atomic mass is 10.4. The highest BCUT2D eigenvalue weighted by Crippen LogP contribution is 2.27. The van der Waals surface area contributed by atoms with Crippen molar-refractivity contribution in [3.63, 3.8) is 0 Å². The van der Waals surface area contributed by atoms with E-state index in [-0.39, 0.29) is 11.2 Å². The van der Waals surface area contributed by atoms with Crippen LogP contribution in [0.25, 0.3) is 0 Å². The molecule has 0 aliphatic carbocycles. The maximum absolute atomic E-state index is 11.8. The molecule has 0 unspecified atom stereocenters. The molecule has 2 aromatic rings. The lowest BCUT2D eigenvalue weighted by Crippen LogP contribution is -2.23. The molecule has 0 bridgehead atoms. The molecule has 2 aromatic heterocycles. The lowest BCUT2D eigenvalue weighted by molar-refractivity contribution is -0.115. The van der Waals surface area contributed by atoms with Crippen LogP contribution in [0.2, 0.25) is 0 Å². The summed E-state index contributed by atoms with van der Waals surface area (Å²) in [5.74, 6) is 0.255. The third-order valence-corrected chi connectivity index (χ3v) is 4.13. The van der Waals surface area contributed by atoms with E-state index in [2.05, 4.69) is 15.3 Å². The van der Waals surface area contributed by atoms with Crippen LogP contribution in [0.3, 0.4) is 0 Å². The SMILES string of the molecule is C[C@H](Sc1cccs1)C(=O)Nc1ncccn1. The number of amides is 1. The van der Waals surface area contributed by atoms with E-state index in [1.807, 2.05) is 24.4 Å². The molecule has 17 heavy (non-hydrogen) atoms. The monoisotopic (exact) mass is 265 g/mol. The van der Waals surface area contributed by atoms with Crippen LogP contribution in [0, 0.1) is 0 Å². The first-order valence-electron chi connectivity index (χ1n) is 5.04. The first kappa shape index (κ1) is 12.1. The van der Waals surface area contributed by atoms with Gasteiger partial charge in [0, 0.05) is 12.4 Å². The Hall–Kier alpha value is -1.40. The maximum Gasteiger partial charge on any atom is 0.239 e. The van der Waals surface area contributed by atoms with Crippen molar-refractivity contribution in [2.75, 3.05) is 5.32 Å². The predicted octanol–water partition coefficient (Wildman–Crippen LogP) is 2.66. The molecular weight excluding hydrogens is 254 g/mol. The van der Waals surface area contributed by atoms with Crippen LogP contribution >= 0.6 is 23.1 Å². The minimum atomic E-state index is -0.169. The lowest BCUT2D eigenvalue weighted by Gasteiger charge is -2.09. The minimum absolute atomic E-state index is 0.0883. The maximum atomic E-state index is 11.8. The summed E-state index contributed by atoms with van der Waals surface area (Å²) in [6, 6.07) is 5.68. The molecule has 1 amide bonds. The van der Waals surface area contributed by atoms with Crippen LogP contribution < -0.4 is 5.32 Å². The summed E-state index contributed by atoms with van der Waals surface area (Å²) in [7, 11) is 0. The van der Waals surface area contributed by atoms with E-state index in [0.29, 0.717) is 5.95 Å². The molecule has 1 atom stereocenters. The smallest absolute Gasteiger partial charge is 0.239 e. The number of nitrogens with one attached hydrogen (secondary N) is 1. The molecule has 0 spiro atoms. The fraction of sp³-hybridized carbons (Fsp3) is 0.182. The van der Waals surface area contributed by atoms with Gasteiger partial charge in [0.25, 0.3) is 0 Å². The second-order valence-corrected chi connectivity index (χ2v) is 5.84. The topological polar surface area (TPSA) is 54.9 Å². The van der Waals surface area contributed by atoms with Crippen molar-refractivity contribution < 1.29 is 4.79 Å². The zero-order valence-electron chi connectivity index (χ0n) is 9.16. The van der Waals surface area contributed by atoms with E-state index >= 15 is 0 Å². The normalized spacial score (nSPS) is 12.1. The van der Waals surface area contributed by atoms with E-state index < -0.39 is 0 Å². The Morgan fingerprint density at radius 1 is 1.41 bits per heavy atom. The number of anilines is 1. The predicted molar refractivity (Wildman–Crippen MR) is 70.3 cm³/mol. The molecule has 0 fully saturated rings. The van der Waals surface area contributed by atoms with Gasteiger partial charge < -0.3 is 0 Å². The van der Waals surface area contributed by atoms with Gasteiger partial charge in [-0.1, -0.05) is 6.07 Å². The summed E-state index contributed by atoms with van der Waals surface area (Å²) >= 11 is 3.16. The number of carbonyl (C=O) groups is 1. The Bertz CT molecular complexity index is 473. The van der Waals surface area contributed by atoms with Crippen molar-refractivity contribution in [3.8, 4) is 0 Å². The second-order valence-electron chi connectivity index (χ2n) is 3.25. The summed E-state index contributed by atoms with van der Waals surface area (Å²) < 4.78 is 1.13. The van der Waals surface area contributed by atoms with Crippen LogP contribution in [0.4, 0.5) is 5.95 Å². The Labute approximate surface area is 107 Å². The van der Waals surface area contributed by atoms with Crippen LogP contribution in [-0.2, 0) is 4.79 Å². The van der Waals surface area contributed by atoms with Gasteiger partial charge in [-0.05, 0) is 24.4 Å². The van der Waals surface area contributed by atoms with E-state index in [4.69, 9.17) is 0 Å². The molecule has 2 rings (SSSR count). The van der Waals surface area contributed by atoms with Gasteiger partial charge in [0.05, 0.1) is 9.46 Å². The quantitative estimate of drug-likeness (QED) is 0.863. The van der Waals surface area contributed by atoms with Gasteiger partial charge in [0.1, 0.15) is 0 Å². The summed E-state index contributed by atoms with van der Waals surface area (Å²) in [6.07, 6.45) is 3.19. The third kappa shape index (κ3) is 3.54. The van der Waals surface area contributed by atoms with Crippen LogP contribution in [0.15, 0.2) is 40.2 Å². The molecule has 6 heteroatoms. The number of thioether (sulfide) groups is 1. The van der Waals surface area contributed by atoms with Gasteiger partial charge in [-0.3, -0.25) is 10.1 Å². The van der Waals surface area contributed by atoms with Crippen LogP contribution in [-0.4, -0.2) is 21.1 Å². The van der Waals surface area contributed by atoms with Gasteiger partial charge in [0.2, 0.25) is 11.9 Å². The van der Waals surface area contributed by atoms with E-state index in [0.717, 1.165) is 4.21 Å². The number of nitrogens with zero attached hydrogens (tertiary/aromatic N) is 2. The minimum Gasteiger partial charge on any atom is -0.294 e. The largest absolute Gasteiger partial charge is 0.294 e. The molecular formula is C11H11N3OS2. The highest BCUT2D eigenvalue weighted by atomic mass is 32.2. The second kappa shape index (κ2) is 5.79. The van der Waals surface area contributed by atoms with Gasteiger partial charge in [-0.15, -0.1) is 23.1 Å². The van der Waals surface area contributed by atoms with E-state index in [9.17, 15) is 4.79 Å². The summed E-state index contributed by atoms with van der Waals surface area (Å²) in [5.41, 5.74) is 0. The van der Waals surface area contributed by atoms with E-state index in [1.165, 1.54) is 11.8 Å². The highest BCUT2D eigenvalue weighted by Gasteiger charge is 2.15. The number of hydrogen-bond acceptors (Lipinski definition) is 5. The summed E-state index contributed by atoms with van der Waals surface area (Å²) in [4.78, 5) is 19.7. The van der Waals surface area contributed by atoms with Gasteiger partial charge in [-0.2, -0.15) is 0 Å². The average molecular weight is 265 g/mol. The molecule has 0 aliphatic rings. The van der Waals surface area contributed by atoms with Gasteiger partial charge in [-0.25, -0.2) is 9.97 Å². The zero-order valence-corrected chi connectivity index (χ0v) is 10.8. The van der Waals surface area contributed by atoms with Crippen molar-refractivity contribution in [2.24, 2.45) is 0 Å².